The Morgan fingerprint density at radius 3 is 2.71 bits per heavy atom. The summed E-state index contributed by atoms with van der Waals surface area (Å²) in [6.45, 7) is 8.18. The maximum atomic E-state index is 13.1. The highest BCUT2D eigenvalue weighted by molar-refractivity contribution is 5.85. The van der Waals surface area contributed by atoms with Crippen LogP contribution in [0.25, 0.3) is 0 Å². The lowest BCUT2D eigenvalue weighted by Gasteiger charge is -2.45. The van der Waals surface area contributed by atoms with Gasteiger partial charge in [-0.2, -0.15) is 0 Å². The lowest BCUT2D eigenvalue weighted by molar-refractivity contribution is -0.140. The molecule has 2 fully saturated rings. The summed E-state index contributed by atoms with van der Waals surface area (Å²) >= 11 is 0. The smallest absolute Gasteiger partial charge is 0.231 e. The topological polar surface area (TPSA) is 52.6 Å². The number of carbonyl (C=O) groups excluding carboxylic acids is 1. The molecule has 3 rings (SSSR count). The molecule has 0 bridgehead atoms. The molecule has 6 heteroatoms. The first-order chi connectivity index (χ1) is 11.4. The van der Waals surface area contributed by atoms with Gasteiger partial charge >= 0.3 is 0 Å². The van der Waals surface area contributed by atoms with Gasteiger partial charge in [0, 0.05) is 52.7 Å². The van der Waals surface area contributed by atoms with Crippen molar-refractivity contribution in [3.05, 3.63) is 18.5 Å². The first-order valence-corrected chi connectivity index (χ1v) is 8.92. The van der Waals surface area contributed by atoms with Crippen molar-refractivity contribution in [2.75, 3.05) is 45.2 Å². The molecule has 0 saturated carbocycles. The van der Waals surface area contributed by atoms with Gasteiger partial charge in [0.1, 0.15) is 0 Å². The average molecular weight is 331 g/mol. The molecule has 1 aromatic rings. The third-order valence-electron chi connectivity index (χ3n) is 5.24. The first-order valence-electron chi connectivity index (χ1n) is 8.92. The normalized spacial score (nSPS) is 27.4. The molecule has 0 unspecified atom stereocenters. The van der Waals surface area contributed by atoms with Crippen molar-refractivity contribution >= 4 is 11.9 Å². The molecule has 1 aromatic heterocycles. The highest BCUT2D eigenvalue weighted by Crippen LogP contribution is 2.44. The lowest BCUT2D eigenvalue weighted by atomic mass is 9.74. The van der Waals surface area contributed by atoms with Gasteiger partial charge in [0.2, 0.25) is 11.9 Å². The van der Waals surface area contributed by atoms with Crippen LogP contribution >= 0.6 is 0 Å². The number of carbonyl (C=O) groups is 1. The number of nitrogens with zero attached hydrogens (tertiary/aromatic N) is 5. The number of likely N-dealkylation sites (tertiary alicyclic amines) is 1. The van der Waals surface area contributed by atoms with E-state index in [0.29, 0.717) is 5.92 Å². The van der Waals surface area contributed by atoms with E-state index >= 15 is 0 Å². The van der Waals surface area contributed by atoms with Crippen LogP contribution in [0.4, 0.5) is 5.95 Å². The molecule has 2 atom stereocenters. The molecule has 0 spiro atoms. The van der Waals surface area contributed by atoms with Crippen molar-refractivity contribution in [2.24, 2.45) is 11.3 Å². The highest BCUT2D eigenvalue weighted by Gasteiger charge is 2.56. The number of hydrogen-bond acceptors (Lipinski definition) is 5. The van der Waals surface area contributed by atoms with E-state index in [1.807, 2.05) is 20.2 Å². The molecule has 132 valence electrons. The molecular formula is C18H29N5O. The van der Waals surface area contributed by atoms with Gasteiger partial charge in [-0.3, -0.25) is 9.69 Å². The van der Waals surface area contributed by atoms with Gasteiger partial charge in [0.05, 0.1) is 11.5 Å². The van der Waals surface area contributed by atoms with E-state index in [-0.39, 0.29) is 17.4 Å². The van der Waals surface area contributed by atoms with Crippen LogP contribution in [0, 0.1) is 11.3 Å². The Bertz CT molecular complexity index is 576. The van der Waals surface area contributed by atoms with E-state index < -0.39 is 0 Å². The SMILES string of the molecule is CC(C)CN1C[C@H]2N(c3ncccn3)CCC[C@@]2(C(=O)N(C)C)C1. The Morgan fingerprint density at radius 1 is 1.38 bits per heavy atom. The summed E-state index contributed by atoms with van der Waals surface area (Å²) in [5.74, 6) is 1.60. The van der Waals surface area contributed by atoms with E-state index in [9.17, 15) is 4.79 Å². The lowest BCUT2D eigenvalue weighted by Crippen LogP contribution is -2.58. The minimum Gasteiger partial charge on any atom is -0.348 e. The van der Waals surface area contributed by atoms with Crippen molar-refractivity contribution < 1.29 is 4.79 Å². The number of aromatic nitrogens is 2. The zero-order valence-electron chi connectivity index (χ0n) is 15.3. The number of hydrogen-bond donors (Lipinski definition) is 0. The minimum atomic E-state index is -0.337. The molecule has 2 saturated heterocycles. The molecular weight excluding hydrogens is 302 g/mol. The Labute approximate surface area is 144 Å². The number of anilines is 1. The summed E-state index contributed by atoms with van der Waals surface area (Å²) in [5.41, 5.74) is -0.337. The predicted octanol–water partition coefficient (Wildman–Crippen LogP) is 1.49. The van der Waals surface area contributed by atoms with Crippen LogP contribution in [0.3, 0.4) is 0 Å². The van der Waals surface area contributed by atoms with Crippen molar-refractivity contribution in [1.82, 2.24) is 19.8 Å². The second-order valence-electron chi connectivity index (χ2n) is 7.81. The number of rotatable bonds is 4. The fourth-order valence-corrected chi connectivity index (χ4v) is 4.45. The van der Waals surface area contributed by atoms with Crippen LogP contribution in [-0.4, -0.2) is 72.0 Å². The van der Waals surface area contributed by atoms with Crippen molar-refractivity contribution in [3.63, 3.8) is 0 Å². The van der Waals surface area contributed by atoms with E-state index in [4.69, 9.17) is 0 Å². The second-order valence-corrected chi connectivity index (χ2v) is 7.81. The molecule has 0 radical (unpaired) electrons. The van der Waals surface area contributed by atoms with Crippen LogP contribution in [0.1, 0.15) is 26.7 Å². The van der Waals surface area contributed by atoms with E-state index in [1.165, 1.54) is 0 Å². The van der Waals surface area contributed by atoms with Crippen molar-refractivity contribution in [1.29, 1.82) is 0 Å². The highest BCUT2D eigenvalue weighted by atomic mass is 16.2. The molecule has 0 aliphatic carbocycles. The minimum absolute atomic E-state index is 0.155. The molecule has 0 N–H and O–H groups in total. The van der Waals surface area contributed by atoms with Gasteiger partial charge in [-0.05, 0) is 24.8 Å². The second kappa shape index (κ2) is 6.67. The molecule has 24 heavy (non-hydrogen) atoms. The fraction of sp³-hybridized carbons (Fsp3) is 0.722. The van der Waals surface area contributed by atoms with Crippen LogP contribution in [-0.2, 0) is 4.79 Å². The van der Waals surface area contributed by atoms with Gasteiger partial charge in [0.15, 0.2) is 0 Å². The summed E-state index contributed by atoms with van der Waals surface area (Å²) in [6.07, 6.45) is 5.52. The van der Waals surface area contributed by atoms with E-state index in [0.717, 1.165) is 45.0 Å². The zero-order chi connectivity index (χ0) is 17.3. The number of fused-ring (bicyclic) bond motifs is 1. The molecule has 0 aromatic carbocycles. The largest absolute Gasteiger partial charge is 0.348 e. The van der Waals surface area contributed by atoms with Gasteiger partial charge in [-0.25, -0.2) is 9.97 Å². The Kier molecular flexibility index (Phi) is 4.76. The van der Waals surface area contributed by atoms with Crippen molar-refractivity contribution in [3.8, 4) is 0 Å². The molecule has 3 heterocycles. The molecule has 1 amide bonds. The monoisotopic (exact) mass is 331 g/mol. The summed E-state index contributed by atoms with van der Waals surface area (Å²) in [5, 5.41) is 0. The summed E-state index contributed by atoms with van der Waals surface area (Å²) in [6, 6.07) is 1.99. The fourth-order valence-electron chi connectivity index (χ4n) is 4.45. The predicted molar refractivity (Wildman–Crippen MR) is 94.8 cm³/mol. The standard InChI is InChI=1S/C18H29N5O/c1-14(2)11-22-12-15-18(13-22,16(24)21(3)4)7-5-10-23(15)17-19-8-6-9-20-17/h6,8-9,14-15H,5,7,10-13H2,1-4H3/t15-,18-/m1/s1. The summed E-state index contributed by atoms with van der Waals surface area (Å²) in [4.78, 5) is 28.5. The van der Waals surface area contributed by atoms with Crippen LogP contribution in [0.15, 0.2) is 18.5 Å². The van der Waals surface area contributed by atoms with E-state index in [1.54, 1.807) is 17.3 Å². The first kappa shape index (κ1) is 17.1. The van der Waals surface area contributed by atoms with Gasteiger partial charge in [0.25, 0.3) is 0 Å². The third kappa shape index (κ3) is 2.99. The molecule has 2 aliphatic rings. The zero-order valence-corrected chi connectivity index (χ0v) is 15.3. The Hall–Kier alpha value is -1.69. The molecule has 2 aliphatic heterocycles. The Morgan fingerprint density at radius 2 is 2.08 bits per heavy atom. The summed E-state index contributed by atoms with van der Waals surface area (Å²) < 4.78 is 0. The van der Waals surface area contributed by atoms with Crippen LogP contribution in [0.5, 0.6) is 0 Å². The van der Waals surface area contributed by atoms with Crippen LogP contribution < -0.4 is 4.90 Å². The average Bonchev–Trinajstić information content (AvgIpc) is 2.92. The molecule has 6 nitrogen and oxygen atoms in total. The maximum Gasteiger partial charge on any atom is 0.231 e. The maximum absolute atomic E-state index is 13.1. The van der Waals surface area contributed by atoms with Gasteiger partial charge < -0.3 is 9.80 Å². The summed E-state index contributed by atoms with van der Waals surface area (Å²) in [7, 11) is 3.74. The van der Waals surface area contributed by atoms with Crippen molar-refractivity contribution in [2.45, 2.75) is 32.7 Å². The third-order valence-corrected chi connectivity index (χ3v) is 5.24. The number of piperidine rings is 1. The van der Waals surface area contributed by atoms with Gasteiger partial charge in [-0.1, -0.05) is 13.8 Å². The van der Waals surface area contributed by atoms with Crippen LogP contribution in [0.2, 0.25) is 0 Å². The quantitative estimate of drug-likeness (QED) is 0.837. The number of amides is 1. The van der Waals surface area contributed by atoms with Gasteiger partial charge in [-0.15, -0.1) is 0 Å². The Balaban J connectivity index is 1.95. The van der Waals surface area contributed by atoms with E-state index in [2.05, 4.69) is 33.6 Å².